The molecular weight excluding hydrogens is 313 g/mol. The highest BCUT2D eigenvalue weighted by molar-refractivity contribution is 7.16. The molecule has 0 aliphatic heterocycles. The summed E-state index contributed by atoms with van der Waals surface area (Å²) in [4.78, 5) is 16.2. The molecule has 0 bridgehead atoms. The Morgan fingerprint density at radius 2 is 2.05 bits per heavy atom. The number of anilines is 1. The molecule has 1 aromatic carbocycles. The van der Waals surface area contributed by atoms with Gasteiger partial charge < -0.3 is 5.32 Å². The van der Waals surface area contributed by atoms with Crippen LogP contribution in [0.1, 0.15) is 29.9 Å². The first-order valence-electron chi connectivity index (χ1n) is 6.68. The van der Waals surface area contributed by atoms with E-state index in [9.17, 15) is 18.0 Å². The molecule has 2 aromatic rings. The van der Waals surface area contributed by atoms with Gasteiger partial charge in [0, 0.05) is 17.4 Å². The van der Waals surface area contributed by atoms with Gasteiger partial charge in [-0.15, -0.1) is 11.3 Å². The lowest BCUT2D eigenvalue weighted by molar-refractivity contribution is -0.138. The number of aromatic nitrogens is 1. The van der Waals surface area contributed by atoms with Gasteiger partial charge in [-0.3, -0.25) is 4.79 Å². The molecule has 0 spiro atoms. The molecule has 1 heterocycles. The first kappa shape index (κ1) is 16.5. The number of carbonyl (C=O) groups is 1. The predicted octanol–water partition coefficient (Wildman–Crippen LogP) is 4.66. The van der Waals surface area contributed by atoms with Gasteiger partial charge in [0.1, 0.15) is 0 Å². The molecule has 1 amide bonds. The second kappa shape index (κ2) is 6.08. The highest BCUT2D eigenvalue weighted by Crippen LogP contribution is 2.37. The van der Waals surface area contributed by atoms with Crippen molar-refractivity contribution in [3.8, 4) is 11.3 Å². The SMILES string of the molecule is CCc1sc(NC(C)=O)nc1-c1ccc(C)c(C(F)(F)F)c1. The van der Waals surface area contributed by atoms with Crippen LogP contribution in [0, 0.1) is 6.92 Å². The summed E-state index contributed by atoms with van der Waals surface area (Å²) < 4.78 is 39.1. The van der Waals surface area contributed by atoms with Crippen LogP contribution < -0.4 is 5.32 Å². The van der Waals surface area contributed by atoms with Gasteiger partial charge in [-0.05, 0) is 25.0 Å². The maximum absolute atomic E-state index is 13.0. The van der Waals surface area contributed by atoms with Gasteiger partial charge in [0.25, 0.3) is 0 Å². The number of hydrogen-bond acceptors (Lipinski definition) is 3. The number of carbonyl (C=O) groups excluding carboxylic acids is 1. The quantitative estimate of drug-likeness (QED) is 0.890. The number of nitrogens with one attached hydrogen (secondary N) is 1. The molecule has 22 heavy (non-hydrogen) atoms. The smallest absolute Gasteiger partial charge is 0.302 e. The molecule has 118 valence electrons. The van der Waals surface area contributed by atoms with Crippen LogP contribution in [-0.2, 0) is 17.4 Å². The lowest BCUT2D eigenvalue weighted by Crippen LogP contribution is -2.07. The molecule has 2 rings (SSSR count). The number of alkyl halides is 3. The molecule has 0 unspecified atom stereocenters. The Morgan fingerprint density at radius 1 is 1.36 bits per heavy atom. The molecule has 0 aliphatic rings. The third kappa shape index (κ3) is 3.47. The lowest BCUT2D eigenvalue weighted by Gasteiger charge is -2.11. The van der Waals surface area contributed by atoms with E-state index in [0.29, 0.717) is 22.8 Å². The van der Waals surface area contributed by atoms with Gasteiger partial charge in [0.2, 0.25) is 5.91 Å². The minimum Gasteiger partial charge on any atom is -0.302 e. The van der Waals surface area contributed by atoms with E-state index in [0.717, 1.165) is 10.9 Å². The second-order valence-electron chi connectivity index (χ2n) is 4.85. The Balaban J connectivity index is 2.52. The Bertz CT molecular complexity index is 707. The van der Waals surface area contributed by atoms with E-state index < -0.39 is 11.7 Å². The second-order valence-corrected chi connectivity index (χ2v) is 5.94. The lowest BCUT2D eigenvalue weighted by atomic mass is 10.0. The maximum atomic E-state index is 13.0. The number of amides is 1. The molecule has 0 fully saturated rings. The van der Waals surface area contributed by atoms with Crippen molar-refractivity contribution in [3.63, 3.8) is 0 Å². The van der Waals surface area contributed by atoms with E-state index in [2.05, 4.69) is 10.3 Å². The summed E-state index contributed by atoms with van der Waals surface area (Å²) in [5, 5.41) is 2.97. The standard InChI is InChI=1S/C15H15F3N2OS/c1-4-12-13(20-14(22-12)19-9(3)21)10-6-5-8(2)11(7-10)15(16,17)18/h5-7H,4H2,1-3H3,(H,19,20,21). The zero-order valence-corrected chi connectivity index (χ0v) is 13.2. The van der Waals surface area contributed by atoms with Gasteiger partial charge in [-0.2, -0.15) is 13.2 Å². The molecule has 7 heteroatoms. The topological polar surface area (TPSA) is 42.0 Å². The van der Waals surface area contributed by atoms with E-state index in [-0.39, 0.29) is 11.5 Å². The van der Waals surface area contributed by atoms with Gasteiger partial charge in [0.15, 0.2) is 5.13 Å². The number of halogens is 3. The van der Waals surface area contributed by atoms with E-state index in [1.807, 2.05) is 6.92 Å². The van der Waals surface area contributed by atoms with Crippen LogP contribution >= 0.6 is 11.3 Å². The molecule has 1 N–H and O–H groups in total. The van der Waals surface area contributed by atoms with Crippen LogP contribution in [0.25, 0.3) is 11.3 Å². The van der Waals surface area contributed by atoms with Crippen LogP contribution in [0.3, 0.4) is 0 Å². The molecular formula is C15H15F3N2OS. The molecule has 0 radical (unpaired) electrons. The maximum Gasteiger partial charge on any atom is 0.416 e. The number of benzene rings is 1. The Morgan fingerprint density at radius 3 is 2.59 bits per heavy atom. The average Bonchev–Trinajstić information content (AvgIpc) is 2.80. The van der Waals surface area contributed by atoms with E-state index in [1.54, 1.807) is 6.07 Å². The fourth-order valence-electron chi connectivity index (χ4n) is 2.10. The predicted molar refractivity (Wildman–Crippen MR) is 81.0 cm³/mol. The van der Waals surface area contributed by atoms with E-state index >= 15 is 0 Å². The van der Waals surface area contributed by atoms with Crippen molar-refractivity contribution >= 4 is 22.4 Å². The van der Waals surface area contributed by atoms with Gasteiger partial charge in [-0.25, -0.2) is 4.98 Å². The van der Waals surface area contributed by atoms with Crippen molar-refractivity contribution in [3.05, 3.63) is 34.2 Å². The summed E-state index contributed by atoms with van der Waals surface area (Å²) in [7, 11) is 0. The van der Waals surface area contributed by atoms with Gasteiger partial charge in [-0.1, -0.05) is 19.1 Å². The normalized spacial score (nSPS) is 11.5. The zero-order chi connectivity index (χ0) is 16.5. The van der Waals surface area contributed by atoms with Crippen molar-refractivity contribution in [1.82, 2.24) is 4.98 Å². The van der Waals surface area contributed by atoms with Crippen LogP contribution in [-0.4, -0.2) is 10.9 Å². The monoisotopic (exact) mass is 328 g/mol. The first-order chi connectivity index (χ1) is 10.2. The molecule has 3 nitrogen and oxygen atoms in total. The van der Waals surface area contributed by atoms with Crippen LogP contribution in [0.2, 0.25) is 0 Å². The highest BCUT2D eigenvalue weighted by atomic mass is 32.1. The summed E-state index contributed by atoms with van der Waals surface area (Å²) >= 11 is 1.28. The molecule has 1 aromatic heterocycles. The number of rotatable bonds is 3. The number of thiazole rings is 1. The van der Waals surface area contributed by atoms with Crippen molar-refractivity contribution in [1.29, 1.82) is 0 Å². The van der Waals surface area contributed by atoms with Crippen molar-refractivity contribution in [2.24, 2.45) is 0 Å². The largest absolute Gasteiger partial charge is 0.416 e. The van der Waals surface area contributed by atoms with Crippen LogP contribution in [0.15, 0.2) is 18.2 Å². The molecule has 0 aliphatic carbocycles. The summed E-state index contributed by atoms with van der Waals surface area (Å²) in [5.74, 6) is -0.261. The summed E-state index contributed by atoms with van der Waals surface area (Å²) in [6, 6.07) is 4.17. The van der Waals surface area contributed by atoms with Crippen LogP contribution in [0.5, 0.6) is 0 Å². The first-order valence-corrected chi connectivity index (χ1v) is 7.49. The zero-order valence-electron chi connectivity index (χ0n) is 12.3. The summed E-state index contributed by atoms with van der Waals surface area (Å²) in [6.07, 6.45) is -3.77. The summed E-state index contributed by atoms with van der Waals surface area (Å²) in [5.41, 5.74) is 0.400. The minimum absolute atomic E-state index is 0.173. The number of hydrogen-bond donors (Lipinski definition) is 1. The Labute approximate surface area is 130 Å². The minimum atomic E-state index is -4.40. The van der Waals surface area contributed by atoms with Crippen LogP contribution in [0.4, 0.5) is 18.3 Å². The molecule has 0 atom stereocenters. The van der Waals surface area contributed by atoms with Crippen molar-refractivity contribution < 1.29 is 18.0 Å². The van der Waals surface area contributed by atoms with Gasteiger partial charge >= 0.3 is 6.18 Å². The third-order valence-corrected chi connectivity index (χ3v) is 4.23. The number of nitrogens with zero attached hydrogens (tertiary/aromatic N) is 1. The van der Waals surface area contributed by atoms with E-state index in [1.165, 1.54) is 31.3 Å². The fraction of sp³-hybridized carbons (Fsp3) is 0.333. The van der Waals surface area contributed by atoms with Crippen molar-refractivity contribution in [2.75, 3.05) is 5.32 Å². The third-order valence-electron chi connectivity index (χ3n) is 3.12. The highest BCUT2D eigenvalue weighted by Gasteiger charge is 2.32. The molecule has 0 saturated heterocycles. The Kier molecular flexibility index (Phi) is 4.55. The Hall–Kier alpha value is -1.89. The fourth-order valence-corrected chi connectivity index (χ4v) is 3.07. The van der Waals surface area contributed by atoms with Gasteiger partial charge in [0.05, 0.1) is 11.3 Å². The summed E-state index contributed by atoms with van der Waals surface area (Å²) in [6.45, 7) is 4.69. The molecule has 0 saturated carbocycles. The number of aryl methyl sites for hydroxylation is 2. The van der Waals surface area contributed by atoms with E-state index in [4.69, 9.17) is 0 Å². The van der Waals surface area contributed by atoms with Crippen molar-refractivity contribution in [2.45, 2.75) is 33.4 Å². The average molecular weight is 328 g/mol.